The number of likely N-dealkylation sites (tertiary alicyclic amines) is 1. The number of thiophene rings is 1. The smallest absolute Gasteiger partial charge is 0.266 e. The first-order chi connectivity index (χ1) is 12.0. The van der Waals surface area contributed by atoms with E-state index in [1.165, 1.54) is 16.2 Å². The van der Waals surface area contributed by atoms with Crippen LogP contribution >= 0.6 is 11.3 Å². The lowest BCUT2D eigenvalue weighted by Gasteiger charge is -2.19. The number of rotatable bonds is 3. The minimum atomic E-state index is -1.77. The highest BCUT2D eigenvalue weighted by Crippen LogP contribution is 2.37. The molecule has 4 heterocycles. The highest BCUT2D eigenvalue weighted by molar-refractivity contribution is 7.13. The van der Waals surface area contributed by atoms with Crippen LogP contribution in [0, 0.1) is 6.92 Å². The molecule has 0 bridgehead atoms. The Hall–Kier alpha value is -1.80. The molecule has 0 radical (unpaired) electrons. The van der Waals surface area contributed by atoms with Gasteiger partial charge in [0.25, 0.3) is 11.8 Å². The van der Waals surface area contributed by atoms with E-state index in [9.17, 15) is 4.79 Å². The van der Waals surface area contributed by atoms with Gasteiger partial charge in [-0.2, -0.15) is 4.98 Å². The SMILES string of the molecule is Cc1ccc(C(=O)N2CCC(F)(c3nc(C4CCOCC4)no3)C2)s1. The maximum absolute atomic E-state index is 15.3. The Morgan fingerprint density at radius 1 is 1.40 bits per heavy atom. The second-order valence-electron chi connectivity index (χ2n) is 6.70. The minimum absolute atomic E-state index is 0.00773. The van der Waals surface area contributed by atoms with Crippen LogP contribution in [0.2, 0.25) is 0 Å². The lowest BCUT2D eigenvalue weighted by molar-refractivity contribution is 0.0721. The number of alkyl halides is 1. The lowest BCUT2D eigenvalue weighted by Crippen LogP contribution is -2.32. The summed E-state index contributed by atoms with van der Waals surface area (Å²) < 4.78 is 25.9. The molecule has 8 heteroatoms. The summed E-state index contributed by atoms with van der Waals surface area (Å²) in [7, 11) is 0. The molecule has 1 unspecified atom stereocenters. The maximum Gasteiger partial charge on any atom is 0.266 e. The number of aryl methyl sites for hydroxylation is 1. The van der Waals surface area contributed by atoms with Crippen molar-refractivity contribution in [1.29, 1.82) is 0 Å². The third-order valence-corrected chi connectivity index (χ3v) is 5.86. The highest BCUT2D eigenvalue weighted by Gasteiger charge is 2.47. The van der Waals surface area contributed by atoms with E-state index < -0.39 is 5.67 Å². The first-order valence-corrected chi connectivity index (χ1v) is 9.33. The number of nitrogens with zero attached hydrogens (tertiary/aromatic N) is 3. The van der Waals surface area contributed by atoms with Gasteiger partial charge in [-0.15, -0.1) is 11.3 Å². The van der Waals surface area contributed by atoms with Crippen LogP contribution in [-0.2, 0) is 10.4 Å². The fourth-order valence-corrected chi connectivity index (χ4v) is 4.20. The van der Waals surface area contributed by atoms with Crippen molar-refractivity contribution < 1.29 is 18.4 Å². The van der Waals surface area contributed by atoms with Crippen molar-refractivity contribution in [2.45, 2.75) is 37.8 Å². The molecule has 25 heavy (non-hydrogen) atoms. The van der Waals surface area contributed by atoms with Crippen LogP contribution in [0.1, 0.15) is 51.4 Å². The Kier molecular flexibility index (Phi) is 4.33. The molecule has 6 nitrogen and oxygen atoms in total. The summed E-state index contributed by atoms with van der Waals surface area (Å²) in [4.78, 5) is 20.1. The quantitative estimate of drug-likeness (QED) is 0.836. The van der Waals surface area contributed by atoms with Gasteiger partial charge in [0.2, 0.25) is 5.67 Å². The van der Waals surface area contributed by atoms with Crippen LogP contribution < -0.4 is 0 Å². The molecule has 0 saturated carbocycles. The standard InChI is InChI=1S/C17H20FN3O3S/c1-11-2-3-13(25-11)15(22)21-7-6-17(18,10-21)16-19-14(20-24-16)12-4-8-23-9-5-12/h2-3,12H,4-10H2,1H3. The molecule has 0 aliphatic carbocycles. The Bertz CT molecular complexity index is 771. The van der Waals surface area contributed by atoms with Crippen molar-refractivity contribution in [3.63, 3.8) is 0 Å². The fraction of sp³-hybridized carbons (Fsp3) is 0.588. The van der Waals surface area contributed by atoms with Crippen molar-refractivity contribution in [3.8, 4) is 0 Å². The lowest BCUT2D eigenvalue weighted by atomic mass is 9.99. The molecule has 2 fully saturated rings. The van der Waals surface area contributed by atoms with Crippen LogP contribution in [0.3, 0.4) is 0 Å². The molecule has 2 aromatic rings. The summed E-state index contributed by atoms with van der Waals surface area (Å²) in [5, 5.41) is 3.98. The van der Waals surface area contributed by atoms with Crippen molar-refractivity contribution in [3.05, 3.63) is 33.6 Å². The first kappa shape index (κ1) is 16.7. The number of aromatic nitrogens is 2. The zero-order valence-corrected chi connectivity index (χ0v) is 14.9. The number of hydrogen-bond acceptors (Lipinski definition) is 6. The van der Waals surface area contributed by atoms with Crippen LogP contribution in [0.5, 0.6) is 0 Å². The second kappa shape index (κ2) is 6.49. The zero-order valence-electron chi connectivity index (χ0n) is 14.0. The Labute approximate surface area is 149 Å². The molecule has 4 rings (SSSR count). The van der Waals surface area contributed by atoms with Crippen LogP contribution in [0.4, 0.5) is 4.39 Å². The molecular weight excluding hydrogens is 345 g/mol. The molecule has 1 amide bonds. The monoisotopic (exact) mass is 365 g/mol. The number of carbonyl (C=O) groups excluding carboxylic acids is 1. The summed E-state index contributed by atoms with van der Waals surface area (Å²) in [6.45, 7) is 3.58. The van der Waals surface area contributed by atoms with Crippen molar-refractivity contribution in [1.82, 2.24) is 15.0 Å². The largest absolute Gasteiger partial charge is 0.381 e. The number of carbonyl (C=O) groups is 1. The topological polar surface area (TPSA) is 68.5 Å². The number of ether oxygens (including phenoxy) is 1. The van der Waals surface area contributed by atoms with Crippen molar-refractivity contribution >= 4 is 17.2 Å². The van der Waals surface area contributed by atoms with Gasteiger partial charge in [-0.1, -0.05) is 5.16 Å². The zero-order chi connectivity index (χ0) is 17.4. The van der Waals surface area contributed by atoms with E-state index >= 15 is 4.39 Å². The van der Waals surface area contributed by atoms with E-state index in [1.807, 2.05) is 13.0 Å². The number of amides is 1. The van der Waals surface area contributed by atoms with E-state index in [0.717, 1.165) is 17.7 Å². The summed E-state index contributed by atoms with van der Waals surface area (Å²) >= 11 is 1.42. The van der Waals surface area contributed by atoms with Gasteiger partial charge in [0, 0.05) is 37.0 Å². The third-order valence-electron chi connectivity index (χ3n) is 4.87. The maximum atomic E-state index is 15.3. The van der Waals surface area contributed by atoms with Crippen LogP contribution in [0.15, 0.2) is 16.7 Å². The van der Waals surface area contributed by atoms with E-state index in [-0.39, 0.29) is 30.7 Å². The van der Waals surface area contributed by atoms with Gasteiger partial charge in [-0.3, -0.25) is 4.79 Å². The summed E-state index contributed by atoms with van der Waals surface area (Å²) in [6.07, 6.45) is 1.82. The molecule has 1 atom stereocenters. The number of hydrogen-bond donors (Lipinski definition) is 0. The van der Waals surface area contributed by atoms with Gasteiger partial charge >= 0.3 is 0 Å². The van der Waals surface area contributed by atoms with Gasteiger partial charge in [0.15, 0.2) is 5.82 Å². The van der Waals surface area contributed by atoms with Crippen LogP contribution in [0.25, 0.3) is 0 Å². The average molecular weight is 365 g/mol. The van der Waals surface area contributed by atoms with Crippen molar-refractivity contribution in [2.24, 2.45) is 0 Å². The summed E-state index contributed by atoms with van der Waals surface area (Å²) in [5.74, 6) is 0.561. The second-order valence-corrected chi connectivity index (χ2v) is 7.98. The van der Waals surface area contributed by atoms with Gasteiger partial charge in [0.1, 0.15) is 0 Å². The molecule has 0 aromatic carbocycles. The van der Waals surface area contributed by atoms with E-state index in [1.54, 1.807) is 6.07 Å². The van der Waals surface area contributed by atoms with Gasteiger partial charge < -0.3 is 14.2 Å². The van der Waals surface area contributed by atoms with Gasteiger partial charge in [0.05, 0.1) is 11.4 Å². The third kappa shape index (κ3) is 3.20. The average Bonchev–Trinajstić information content (AvgIpc) is 3.35. The molecule has 0 N–H and O–H groups in total. The van der Waals surface area contributed by atoms with Gasteiger partial charge in [-0.05, 0) is 31.9 Å². The fourth-order valence-electron chi connectivity index (χ4n) is 3.36. The Balaban J connectivity index is 1.47. The Morgan fingerprint density at radius 2 is 2.20 bits per heavy atom. The predicted molar refractivity (Wildman–Crippen MR) is 89.5 cm³/mol. The van der Waals surface area contributed by atoms with Gasteiger partial charge in [-0.25, -0.2) is 4.39 Å². The van der Waals surface area contributed by atoms with E-state index in [0.29, 0.717) is 30.5 Å². The van der Waals surface area contributed by atoms with E-state index in [4.69, 9.17) is 9.26 Å². The highest BCUT2D eigenvalue weighted by atomic mass is 32.1. The molecule has 0 spiro atoms. The minimum Gasteiger partial charge on any atom is -0.381 e. The Morgan fingerprint density at radius 3 is 2.92 bits per heavy atom. The summed E-state index contributed by atoms with van der Waals surface area (Å²) in [5.41, 5.74) is -1.77. The molecule has 134 valence electrons. The molecular formula is C17H20FN3O3S. The summed E-state index contributed by atoms with van der Waals surface area (Å²) in [6, 6.07) is 3.69. The molecule has 2 aromatic heterocycles. The predicted octanol–water partition coefficient (Wildman–Crippen LogP) is 3.04. The normalized spacial score (nSPS) is 24.8. The first-order valence-electron chi connectivity index (χ1n) is 8.52. The molecule has 2 aliphatic heterocycles. The molecule has 2 aliphatic rings. The van der Waals surface area contributed by atoms with Crippen LogP contribution in [-0.4, -0.2) is 47.3 Å². The van der Waals surface area contributed by atoms with E-state index in [2.05, 4.69) is 10.1 Å². The van der Waals surface area contributed by atoms with Crippen molar-refractivity contribution in [2.75, 3.05) is 26.3 Å². The number of halogens is 1. The molecule has 2 saturated heterocycles.